The fourth-order valence-electron chi connectivity index (χ4n) is 1.95. The summed E-state index contributed by atoms with van der Waals surface area (Å²) in [6, 6.07) is 3.55. The zero-order valence-electron chi connectivity index (χ0n) is 8.48. The van der Waals surface area contributed by atoms with Gasteiger partial charge in [0.15, 0.2) is 5.78 Å². The van der Waals surface area contributed by atoms with Gasteiger partial charge in [0.1, 0.15) is 5.78 Å². The largest absolute Gasteiger partial charge is 0.300 e. The number of pyridine rings is 1. The molecule has 1 aliphatic rings. The van der Waals surface area contributed by atoms with Crippen molar-refractivity contribution in [3.8, 4) is 0 Å². The first-order valence-corrected chi connectivity index (χ1v) is 5.23. The molecule has 0 spiro atoms. The Kier molecular flexibility index (Phi) is 2.90. The summed E-state index contributed by atoms with van der Waals surface area (Å²) in [5.74, 6) is 0.438. The number of hydrogen-bond acceptors (Lipinski definition) is 3. The number of rotatable bonds is 2. The van der Waals surface area contributed by atoms with Crippen LogP contribution >= 0.6 is 0 Å². The highest BCUT2D eigenvalue weighted by molar-refractivity contribution is 5.98. The first kappa shape index (κ1) is 10.0. The van der Waals surface area contributed by atoms with E-state index in [4.69, 9.17) is 0 Å². The Bertz CT molecular complexity index is 362. The molecular weight excluding hydrogens is 190 g/mol. The molecule has 0 aliphatic heterocycles. The van der Waals surface area contributed by atoms with Gasteiger partial charge < -0.3 is 0 Å². The predicted octanol–water partition coefficient (Wildman–Crippen LogP) is 2.02. The Balaban J connectivity index is 2.06. The van der Waals surface area contributed by atoms with Crippen LogP contribution in [0.3, 0.4) is 0 Å². The van der Waals surface area contributed by atoms with E-state index in [1.54, 1.807) is 24.5 Å². The van der Waals surface area contributed by atoms with Gasteiger partial charge in [-0.1, -0.05) is 0 Å². The maximum absolute atomic E-state index is 12.0. The first-order chi connectivity index (χ1) is 7.27. The van der Waals surface area contributed by atoms with Gasteiger partial charge in [-0.3, -0.25) is 14.6 Å². The lowest BCUT2D eigenvalue weighted by Gasteiger charge is -2.19. The Morgan fingerprint density at radius 1 is 1.33 bits per heavy atom. The molecule has 3 heteroatoms. The van der Waals surface area contributed by atoms with Gasteiger partial charge in [0.25, 0.3) is 0 Å². The average Bonchev–Trinajstić information content (AvgIpc) is 2.30. The second-order valence-electron chi connectivity index (χ2n) is 3.92. The van der Waals surface area contributed by atoms with Crippen molar-refractivity contribution in [2.24, 2.45) is 5.92 Å². The lowest BCUT2D eigenvalue weighted by molar-refractivity contribution is -0.120. The van der Waals surface area contributed by atoms with Crippen LogP contribution in [0.1, 0.15) is 36.0 Å². The summed E-state index contributed by atoms with van der Waals surface area (Å²) in [6.07, 6.45) is 5.76. The number of Topliss-reactive ketones (excluding diaryl/α,β-unsaturated/α-hetero) is 2. The highest BCUT2D eigenvalue weighted by Gasteiger charge is 2.25. The monoisotopic (exact) mass is 203 g/mol. The molecule has 0 N–H and O–H groups in total. The van der Waals surface area contributed by atoms with E-state index < -0.39 is 0 Å². The fraction of sp³-hybridized carbons (Fsp3) is 0.417. The molecule has 78 valence electrons. The second kappa shape index (κ2) is 4.34. The predicted molar refractivity (Wildman–Crippen MR) is 55.5 cm³/mol. The molecule has 0 amide bonds. The summed E-state index contributed by atoms with van der Waals surface area (Å²) < 4.78 is 0. The van der Waals surface area contributed by atoms with E-state index in [-0.39, 0.29) is 17.5 Å². The van der Waals surface area contributed by atoms with E-state index in [0.717, 1.165) is 0 Å². The first-order valence-electron chi connectivity index (χ1n) is 5.23. The fourth-order valence-corrected chi connectivity index (χ4v) is 1.95. The Hall–Kier alpha value is -1.51. The summed E-state index contributed by atoms with van der Waals surface area (Å²) in [5.41, 5.74) is 0.664. The third-order valence-corrected chi connectivity index (χ3v) is 2.86. The normalized spacial score (nSPS) is 17.7. The lowest BCUT2D eigenvalue weighted by Crippen LogP contribution is -2.21. The summed E-state index contributed by atoms with van der Waals surface area (Å²) in [7, 11) is 0. The maximum Gasteiger partial charge on any atom is 0.167 e. The van der Waals surface area contributed by atoms with Crippen molar-refractivity contribution in [1.82, 2.24) is 4.98 Å². The molecule has 1 heterocycles. The summed E-state index contributed by atoms with van der Waals surface area (Å²) in [6.45, 7) is 0. The molecule has 0 saturated heterocycles. The molecular formula is C12H13NO2. The zero-order chi connectivity index (χ0) is 10.7. The molecule has 3 nitrogen and oxygen atoms in total. The van der Waals surface area contributed by atoms with Crippen LogP contribution in [0, 0.1) is 5.92 Å². The number of carbonyl (C=O) groups excluding carboxylic acids is 2. The molecule has 1 saturated carbocycles. The Morgan fingerprint density at radius 3 is 2.67 bits per heavy atom. The van der Waals surface area contributed by atoms with Gasteiger partial charge in [0.2, 0.25) is 0 Å². The van der Waals surface area contributed by atoms with Crippen molar-refractivity contribution >= 4 is 11.6 Å². The zero-order valence-corrected chi connectivity index (χ0v) is 8.48. The van der Waals surface area contributed by atoms with Crippen molar-refractivity contribution in [3.05, 3.63) is 30.1 Å². The number of hydrogen-bond donors (Lipinski definition) is 0. The van der Waals surface area contributed by atoms with Gasteiger partial charge in [-0.25, -0.2) is 0 Å². The van der Waals surface area contributed by atoms with Crippen LogP contribution in [0.2, 0.25) is 0 Å². The molecule has 0 atom stereocenters. The van der Waals surface area contributed by atoms with E-state index >= 15 is 0 Å². The molecule has 0 radical (unpaired) electrons. The van der Waals surface area contributed by atoms with Crippen molar-refractivity contribution in [2.45, 2.75) is 25.7 Å². The summed E-state index contributed by atoms with van der Waals surface area (Å²) in [5, 5.41) is 0. The van der Waals surface area contributed by atoms with Crippen LogP contribution in [0.25, 0.3) is 0 Å². The van der Waals surface area contributed by atoms with Crippen molar-refractivity contribution < 1.29 is 9.59 Å². The van der Waals surface area contributed by atoms with E-state index in [2.05, 4.69) is 4.98 Å². The van der Waals surface area contributed by atoms with Crippen LogP contribution in [0.15, 0.2) is 24.5 Å². The molecule has 0 unspecified atom stereocenters. The maximum atomic E-state index is 12.0. The molecule has 1 aromatic rings. The van der Waals surface area contributed by atoms with Crippen LogP contribution < -0.4 is 0 Å². The highest BCUT2D eigenvalue weighted by atomic mass is 16.1. The minimum atomic E-state index is 0.0203. The molecule has 2 rings (SSSR count). The van der Waals surface area contributed by atoms with Crippen LogP contribution in [0.4, 0.5) is 0 Å². The molecule has 1 aromatic heterocycles. The molecule has 0 aromatic carbocycles. The smallest absolute Gasteiger partial charge is 0.167 e. The van der Waals surface area contributed by atoms with E-state index in [1.807, 2.05) is 0 Å². The van der Waals surface area contributed by atoms with E-state index in [0.29, 0.717) is 31.2 Å². The molecule has 0 bridgehead atoms. The van der Waals surface area contributed by atoms with E-state index in [1.165, 1.54) is 0 Å². The van der Waals surface area contributed by atoms with Crippen LogP contribution in [-0.4, -0.2) is 16.6 Å². The minimum Gasteiger partial charge on any atom is -0.300 e. The second-order valence-corrected chi connectivity index (χ2v) is 3.92. The van der Waals surface area contributed by atoms with Crippen molar-refractivity contribution in [3.63, 3.8) is 0 Å². The number of aromatic nitrogens is 1. The Morgan fingerprint density at radius 2 is 2.07 bits per heavy atom. The van der Waals surface area contributed by atoms with Gasteiger partial charge in [-0.2, -0.15) is 0 Å². The third-order valence-electron chi connectivity index (χ3n) is 2.86. The van der Waals surface area contributed by atoms with Gasteiger partial charge in [0.05, 0.1) is 0 Å². The minimum absolute atomic E-state index is 0.0203. The molecule has 1 aliphatic carbocycles. The van der Waals surface area contributed by atoms with Gasteiger partial charge in [-0.15, -0.1) is 0 Å². The van der Waals surface area contributed by atoms with Crippen LogP contribution in [0.5, 0.6) is 0 Å². The highest BCUT2D eigenvalue weighted by Crippen LogP contribution is 2.24. The van der Waals surface area contributed by atoms with E-state index in [9.17, 15) is 9.59 Å². The topological polar surface area (TPSA) is 47.0 Å². The summed E-state index contributed by atoms with van der Waals surface area (Å²) >= 11 is 0. The molecule has 1 fully saturated rings. The Labute approximate surface area is 88.5 Å². The standard InChI is InChI=1S/C12H13NO2/c14-11-5-3-9(4-6-11)12(15)10-2-1-7-13-8-10/h1-2,7-9H,3-6H2. The average molecular weight is 203 g/mol. The molecule has 15 heavy (non-hydrogen) atoms. The summed E-state index contributed by atoms with van der Waals surface area (Å²) in [4.78, 5) is 26.9. The number of ketones is 2. The van der Waals surface area contributed by atoms with Gasteiger partial charge >= 0.3 is 0 Å². The van der Waals surface area contributed by atoms with Crippen LogP contribution in [-0.2, 0) is 4.79 Å². The van der Waals surface area contributed by atoms with Gasteiger partial charge in [0, 0.05) is 36.7 Å². The van der Waals surface area contributed by atoms with Crippen molar-refractivity contribution in [1.29, 1.82) is 0 Å². The SMILES string of the molecule is O=C1CCC(C(=O)c2cccnc2)CC1. The number of nitrogens with zero attached hydrogens (tertiary/aromatic N) is 1. The lowest BCUT2D eigenvalue weighted by atomic mass is 9.83. The quantitative estimate of drug-likeness (QED) is 0.691. The third kappa shape index (κ3) is 2.29. The number of carbonyl (C=O) groups is 2. The van der Waals surface area contributed by atoms with Crippen molar-refractivity contribution in [2.75, 3.05) is 0 Å². The van der Waals surface area contributed by atoms with Gasteiger partial charge in [-0.05, 0) is 25.0 Å².